The fourth-order valence-corrected chi connectivity index (χ4v) is 3.20. The molecule has 1 aliphatic heterocycles. The number of benzene rings is 2. The van der Waals surface area contributed by atoms with E-state index < -0.39 is 35.7 Å². The summed E-state index contributed by atoms with van der Waals surface area (Å²) < 4.78 is 54.1. The SMILES string of the molecule is Cc1ccc2c(c1)N(Cc1c(F)cccc1C(F)(F)F)C(=O)N(C)[C@H]2C. The van der Waals surface area contributed by atoms with Crippen molar-refractivity contribution in [3.05, 3.63) is 64.5 Å². The predicted octanol–water partition coefficient (Wildman–Crippen LogP) is 5.29. The standard InChI is InChI=1S/C19H18F4N2O/c1-11-7-8-13-12(2)24(3)18(26)25(17(13)9-11)10-14-15(19(21,22)23)5-4-6-16(14)20/h4-9,12H,10H2,1-3H3/t12-/m0/s1. The van der Waals surface area contributed by atoms with Gasteiger partial charge < -0.3 is 4.90 Å². The maximum atomic E-state index is 14.2. The number of carbonyl (C=O) groups is 1. The highest BCUT2D eigenvalue weighted by Gasteiger charge is 2.38. The van der Waals surface area contributed by atoms with Crippen molar-refractivity contribution in [2.45, 2.75) is 32.6 Å². The lowest BCUT2D eigenvalue weighted by Gasteiger charge is -2.40. The molecule has 3 rings (SSSR count). The van der Waals surface area contributed by atoms with Crippen LogP contribution in [0.5, 0.6) is 0 Å². The zero-order valence-electron chi connectivity index (χ0n) is 14.6. The summed E-state index contributed by atoms with van der Waals surface area (Å²) in [4.78, 5) is 15.4. The maximum Gasteiger partial charge on any atom is 0.416 e. The third-order valence-corrected chi connectivity index (χ3v) is 4.78. The number of rotatable bonds is 2. The van der Waals surface area contributed by atoms with E-state index in [4.69, 9.17) is 0 Å². The Hall–Kier alpha value is -2.57. The van der Waals surface area contributed by atoms with E-state index in [2.05, 4.69) is 0 Å². The number of anilines is 1. The van der Waals surface area contributed by atoms with Crippen molar-refractivity contribution in [3.63, 3.8) is 0 Å². The first-order valence-corrected chi connectivity index (χ1v) is 8.10. The Morgan fingerprint density at radius 1 is 1.15 bits per heavy atom. The van der Waals surface area contributed by atoms with Crippen molar-refractivity contribution in [1.82, 2.24) is 4.90 Å². The summed E-state index contributed by atoms with van der Waals surface area (Å²) in [5.74, 6) is -0.983. The summed E-state index contributed by atoms with van der Waals surface area (Å²) >= 11 is 0. The van der Waals surface area contributed by atoms with Gasteiger partial charge in [-0.3, -0.25) is 4.90 Å². The van der Waals surface area contributed by atoms with Crippen LogP contribution in [0.2, 0.25) is 0 Å². The van der Waals surface area contributed by atoms with Gasteiger partial charge in [0.25, 0.3) is 0 Å². The van der Waals surface area contributed by atoms with Gasteiger partial charge in [0.05, 0.1) is 23.8 Å². The van der Waals surface area contributed by atoms with E-state index in [1.165, 1.54) is 9.80 Å². The Labute approximate surface area is 148 Å². The van der Waals surface area contributed by atoms with Gasteiger partial charge in [0.1, 0.15) is 5.82 Å². The van der Waals surface area contributed by atoms with Crippen molar-refractivity contribution in [1.29, 1.82) is 0 Å². The molecule has 0 fully saturated rings. The molecule has 138 valence electrons. The molecule has 0 N–H and O–H groups in total. The number of alkyl halides is 3. The number of fused-ring (bicyclic) bond motifs is 1. The molecule has 0 radical (unpaired) electrons. The Kier molecular flexibility index (Phi) is 4.42. The normalized spacial score (nSPS) is 17.5. The first-order valence-electron chi connectivity index (χ1n) is 8.10. The van der Waals surface area contributed by atoms with Crippen molar-refractivity contribution in [2.24, 2.45) is 0 Å². The smallest absolute Gasteiger partial charge is 0.321 e. The van der Waals surface area contributed by atoms with Crippen LogP contribution in [0.15, 0.2) is 36.4 Å². The maximum absolute atomic E-state index is 14.2. The molecule has 3 nitrogen and oxygen atoms in total. The van der Waals surface area contributed by atoms with Crippen molar-refractivity contribution in [3.8, 4) is 0 Å². The van der Waals surface area contributed by atoms with Crippen molar-refractivity contribution >= 4 is 11.7 Å². The third kappa shape index (κ3) is 3.02. The highest BCUT2D eigenvalue weighted by molar-refractivity contribution is 5.95. The number of aryl methyl sites for hydroxylation is 1. The van der Waals surface area contributed by atoms with Crippen LogP contribution in [-0.4, -0.2) is 18.0 Å². The zero-order chi connectivity index (χ0) is 19.2. The lowest BCUT2D eigenvalue weighted by atomic mass is 9.98. The molecule has 0 spiro atoms. The summed E-state index contributed by atoms with van der Waals surface area (Å²) in [6.07, 6.45) is -4.70. The Morgan fingerprint density at radius 3 is 2.50 bits per heavy atom. The number of hydrogen-bond donors (Lipinski definition) is 0. The second-order valence-electron chi connectivity index (χ2n) is 6.48. The molecule has 0 saturated carbocycles. The molecule has 1 heterocycles. The molecule has 0 aromatic heterocycles. The molecule has 2 aromatic rings. The fraction of sp³-hybridized carbons (Fsp3) is 0.316. The van der Waals surface area contributed by atoms with Gasteiger partial charge >= 0.3 is 12.2 Å². The van der Waals surface area contributed by atoms with E-state index in [0.717, 1.165) is 29.3 Å². The van der Waals surface area contributed by atoms with Crippen LogP contribution >= 0.6 is 0 Å². The van der Waals surface area contributed by atoms with E-state index in [1.807, 2.05) is 26.0 Å². The van der Waals surface area contributed by atoms with Gasteiger partial charge in [-0.25, -0.2) is 9.18 Å². The van der Waals surface area contributed by atoms with Crippen LogP contribution in [0.25, 0.3) is 0 Å². The van der Waals surface area contributed by atoms with Gasteiger partial charge in [-0.2, -0.15) is 13.2 Å². The third-order valence-electron chi connectivity index (χ3n) is 4.78. The zero-order valence-corrected chi connectivity index (χ0v) is 14.6. The van der Waals surface area contributed by atoms with E-state index in [1.54, 1.807) is 13.1 Å². The van der Waals surface area contributed by atoms with Crippen molar-refractivity contribution in [2.75, 3.05) is 11.9 Å². The molecule has 7 heteroatoms. The molecule has 2 aromatic carbocycles. The topological polar surface area (TPSA) is 23.6 Å². The molecular formula is C19H18F4N2O. The lowest BCUT2D eigenvalue weighted by molar-refractivity contribution is -0.138. The van der Waals surface area contributed by atoms with Crippen LogP contribution in [0.1, 0.15) is 35.2 Å². The predicted molar refractivity (Wildman–Crippen MR) is 90.3 cm³/mol. The summed E-state index contributed by atoms with van der Waals surface area (Å²) in [6, 6.07) is 7.60. The number of amides is 2. The van der Waals surface area contributed by atoms with Crippen LogP contribution in [0.4, 0.5) is 28.0 Å². The van der Waals surface area contributed by atoms with Gasteiger partial charge in [0.2, 0.25) is 0 Å². The summed E-state index contributed by atoms with van der Waals surface area (Å²) in [6.45, 7) is 3.18. The minimum Gasteiger partial charge on any atom is -0.321 e. The summed E-state index contributed by atoms with van der Waals surface area (Å²) in [5, 5.41) is 0. The fourth-order valence-electron chi connectivity index (χ4n) is 3.20. The quantitative estimate of drug-likeness (QED) is 0.663. The van der Waals surface area contributed by atoms with Crippen LogP contribution in [0, 0.1) is 12.7 Å². The van der Waals surface area contributed by atoms with Crippen LogP contribution in [-0.2, 0) is 12.7 Å². The minimum absolute atomic E-state index is 0.225. The van der Waals surface area contributed by atoms with E-state index in [9.17, 15) is 22.4 Å². The first-order chi connectivity index (χ1) is 12.1. The average molecular weight is 366 g/mol. The molecule has 1 aliphatic rings. The van der Waals surface area contributed by atoms with E-state index in [-0.39, 0.29) is 6.04 Å². The largest absolute Gasteiger partial charge is 0.416 e. The molecule has 26 heavy (non-hydrogen) atoms. The molecule has 1 atom stereocenters. The van der Waals surface area contributed by atoms with Gasteiger partial charge in [-0.15, -0.1) is 0 Å². The van der Waals surface area contributed by atoms with Gasteiger partial charge in [0, 0.05) is 12.6 Å². The van der Waals surface area contributed by atoms with E-state index in [0.29, 0.717) is 5.69 Å². The number of hydrogen-bond acceptors (Lipinski definition) is 1. The lowest BCUT2D eigenvalue weighted by Crippen LogP contribution is -2.46. The van der Waals surface area contributed by atoms with Gasteiger partial charge in [-0.1, -0.05) is 18.2 Å². The molecule has 0 saturated heterocycles. The highest BCUT2D eigenvalue weighted by atomic mass is 19.4. The molecule has 0 aliphatic carbocycles. The monoisotopic (exact) mass is 366 g/mol. The Bertz CT molecular complexity index is 863. The van der Waals surface area contributed by atoms with Crippen molar-refractivity contribution < 1.29 is 22.4 Å². The second-order valence-corrected chi connectivity index (χ2v) is 6.48. The second kappa shape index (κ2) is 6.30. The van der Waals surface area contributed by atoms with Gasteiger partial charge in [0.15, 0.2) is 0 Å². The first kappa shape index (κ1) is 18.2. The molecule has 0 bridgehead atoms. The number of urea groups is 1. The van der Waals surface area contributed by atoms with E-state index >= 15 is 0 Å². The average Bonchev–Trinajstić information content (AvgIpc) is 2.56. The van der Waals surface area contributed by atoms with Crippen LogP contribution in [0.3, 0.4) is 0 Å². The van der Waals surface area contributed by atoms with Crippen LogP contribution < -0.4 is 4.90 Å². The highest BCUT2D eigenvalue weighted by Crippen LogP contribution is 2.39. The summed E-state index contributed by atoms with van der Waals surface area (Å²) in [7, 11) is 1.58. The molecule has 2 amide bonds. The number of carbonyl (C=O) groups excluding carboxylic acids is 1. The Balaban J connectivity index is 2.13. The summed E-state index contributed by atoms with van der Waals surface area (Å²) in [5.41, 5.74) is 0.576. The minimum atomic E-state index is -4.70. The van der Waals surface area contributed by atoms with Gasteiger partial charge in [-0.05, 0) is 43.2 Å². The Morgan fingerprint density at radius 2 is 1.85 bits per heavy atom. The molecule has 0 unspecified atom stereocenters. The number of halogens is 4. The molecular weight excluding hydrogens is 348 g/mol. The number of nitrogens with zero attached hydrogens (tertiary/aromatic N) is 2.